The molecule has 0 saturated heterocycles. The van der Waals surface area contributed by atoms with Gasteiger partial charge in [-0.15, -0.1) is 0 Å². The van der Waals surface area contributed by atoms with Gasteiger partial charge in [-0.3, -0.25) is 0 Å². The Kier molecular flexibility index (Phi) is 3.08. The molecule has 1 atom stereocenters. The Morgan fingerprint density at radius 1 is 1.50 bits per heavy atom. The minimum atomic E-state index is -0.296. The molecule has 1 N–H and O–H groups in total. The lowest BCUT2D eigenvalue weighted by Crippen LogP contribution is -2.11. The van der Waals surface area contributed by atoms with Gasteiger partial charge in [-0.2, -0.15) is 0 Å². The summed E-state index contributed by atoms with van der Waals surface area (Å²) in [4.78, 5) is 0. The van der Waals surface area contributed by atoms with E-state index >= 15 is 0 Å². The van der Waals surface area contributed by atoms with Crippen LogP contribution in [0.5, 0.6) is 5.75 Å². The summed E-state index contributed by atoms with van der Waals surface area (Å²) in [5, 5.41) is 10.1. The minimum Gasteiger partial charge on any atom is -0.493 e. The average Bonchev–Trinajstić information content (AvgIpc) is 2.64. The Morgan fingerprint density at radius 2 is 2.36 bits per heavy atom. The van der Waals surface area contributed by atoms with E-state index in [0.717, 1.165) is 18.8 Å². The van der Waals surface area contributed by atoms with Crippen molar-refractivity contribution >= 4 is 15.9 Å². The molecule has 0 aliphatic carbocycles. The largest absolute Gasteiger partial charge is 0.493 e. The zero-order valence-electron chi connectivity index (χ0n) is 7.87. The Hall–Kier alpha value is -0.540. The molecule has 2 rings (SSSR count). The summed E-state index contributed by atoms with van der Waals surface area (Å²) in [5.41, 5.74) is 2.45. The monoisotopic (exact) mass is 256 g/mol. The number of halogens is 1. The van der Waals surface area contributed by atoms with Crippen molar-refractivity contribution in [3.05, 3.63) is 29.3 Å². The second kappa shape index (κ2) is 4.32. The van der Waals surface area contributed by atoms with Gasteiger partial charge in [-0.1, -0.05) is 28.1 Å². The number of alkyl halides is 1. The third kappa shape index (κ3) is 2.10. The first-order chi connectivity index (χ1) is 6.79. The summed E-state index contributed by atoms with van der Waals surface area (Å²) in [6.45, 7) is 0.791. The second-order valence-electron chi connectivity index (χ2n) is 3.55. The molecule has 0 radical (unpaired) electrons. The predicted molar refractivity (Wildman–Crippen MR) is 59.1 cm³/mol. The minimum absolute atomic E-state index is 0.296. The number of benzene rings is 1. The maximum Gasteiger partial charge on any atom is 0.122 e. The molecule has 3 heteroatoms. The van der Waals surface area contributed by atoms with Crippen LogP contribution in [-0.2, 0) is 12.8 Å². The molecular formula is C11H13BrO2. The van der Waals surface area contributed by atoms with Gasteiger partial charge in [0.15, 0.2) is 0 Å². The maximum atomic E-state index is 9.48. The molecule has 0 aromatic heterocycles. The van der Waals surface area contributed by atoms with Crippen LogP contribution in [0.4, 0.5) is 0 Å². The van der Waals surface area contributed by atoms with E-state index in [1.54, 1.807) is 0 Å². The van der Waals surface area contributed by atoms with Crippen LogP contribution in [-0.4, -0.2) is 23.1 Å². The predicted octanol–water partition coefficient (Wildman–Crippen LogP) is 1.92. The van der Waals surface area contributed by atoms with Crippen LogP contribution >= 0.6 is 15.9 Å². The lowest BCUT2D eigenvalue weighted by atomic mass is 10.0. The van der Waals surface area contributed by atoms with Crippen molar-refractivity contribution in [1.29, 1.82) is 0 Å². The molecule has 0 fully saturated rings. The molecule has 0 amide bonds. The Bertz CT molecular complexity index is 325. The molecule has 1 aliphatic heterocycles. The van der Waals surface area contributed by atoms with Crippen LogP contribution < -0.4 is 4.74 Å². The van der Waals surface area contributed by atoms with Crippen LogP contribution in [0, 0.1) is 0 Å². The van der Waals surface area contributed by atoms with Crippen molar-refractivity contribution < 1.29 is 9.84 Å². The first-order valence-electron chi connectivity index (χ1n) is 4.78. The van der Waals surface area contributed by atoms with E-state index in [1.807, 2.05) is 12.1 Å². The van der Waals surface area contributed by atoms with Gasteiger partial charge in [0.1, 0.15) is 5.75 Å². The summed E-state index contributed by atoms with van der Waals surface area (Å²) in [5.74, 6) is 1.00. The van der Waals surface area contributed by atoms with E-state index < -0.39 is 0 Å². The number of aliphatic hydroxyl groups is 1. The summed E-state index contributed by atoms with van der Waals surface area (Å²) in [6, 6.07) is 6.16. The zero-order valence-corrected chi connectivity index (χ0v) is 9.46. The Balaban J connectivity index is 2.12. The molecule has 1 heterocycles. The molecule has 1 unspecified atom stereocenters. The van der Waals surface area contributed by atoms with Crippen molar-refractivity contribution in [2.75, 3.05) is 11.9 Å². The number of fused-ring (bicyclic) bond motifs is 1. The fourth-order valence-electron chi connectivity index (χ4n) is 1.69. The topological polar surface area (TPSA) is 29.5 Å². The molecule has 2 nitrogen and oxygen atoms in total. The maximum absolute atomic E-state index is 9.48. The van der Waals surface area contributed by atoms with Crippen LogP contribution in [0.15, 0.2) is 18.2 Å². The Morgan fingerprint density at radius 3 is 3.14 bits per heavy atom. The van der Waals surface area contributed by atoms with Crippen LogP contribution in [0.2, 0.25) is 0 Å². The van der Waals surface area contributed by atoms with E-state index in [0.29, 0.717) is 11.8 Å². The summed E-state index contributed by atoms with van der Waals surface area (Å²) >= 11 is 3.26. The molecular weight excluding hydrogens is 244 g/mol. The van der Waals surface area contributed by atoms with E-state index in [-0.39, 0.29) is 6.10 Å². The smallest absolute Gasteiger partial charge is 0.122 e. The summed E-state index contributed by atoms with van der Waals surface area (Å²) in [6.07, 6.45) is 1.40. The normalized spacial score (nSPS) is 16.1. The van der Waals surface area contributed by atoms with Crippen LogP contribution in [0.1, 0.15) is 11.1 Å². The molecule has 76 valence electrons. The van der Waals surface area contributed by atoms with Crippen molar-refractivity contribution in [2.24, 2.45) is 0 Å². The van der Waals surface area contributed by atoms with Crippen molar-refractivity contribution in [3.8, 4) is 5.75 Å². The Labute approximate surface area is 92.0 Å². The molecule has 14 heavy (non-hydrogen) atoms. The zero-order chi connectivity index (χ0) is 9.97. The summed E-state index contributed by atoms with van der Waals surface area (Å²) < 4.78 is 5.41. The lowest BCUT2D eigenvalue weighted by Gasteiger charge is -2.07. The van der Waals surface area contributed by atoms with Gasteiger partial charge < -0.3 is 9.84 Å². The van der Waals surface area contributed by atoms with E-state index in [4.69, 9.17) is 4.74 Å². The number of rotatable bonds is 3. The number of hydrogen-bond acceptors (Lipinski definition) is 2. The fourth-order valence-corrected chi connectivity index (χ4v) is 1.92. The molecule has 0 bridgehead atoms. The van der Waals surface area contributed by atoms with Crippen molar-refractivity contribution in [1.82, 2.24) is 0 Å². The molecule has 0 spiro atoms. The standard InChI is InChI=1S/C11H13BrO2/c12-7-10(13)6-8-1-2-11-9(5-8)3-4-14-11/h1-2,5,10,13H,3-4,6-7H2. The highest BCUT2D eigenvalue weighted by atomic mass is 79.9. The molecule has 1 aromatic carbocycles. The average molecular weight is 257 g/mol. The lowest BCUT2D eigenvalue weighted by molar-refractivity contribution is 0.201. The number of aliphatic hydroxyl groups excluding tert-OH is 1. The van der Waals surface area contributed by atoms with Gasteiger partial charge in [0, 0.05) is 11.8 Å². The van der Waals surface area contributed by atoms with E-state index in [2.05, 4.69) is 22.0 Å². The first kappa shape index (κ1) is 9.99. The van der Waals surface area contributed by atoms with E-state index in [9.17, 15) is 5.11 Å². The quantitative estimate of drug-likeness (QED) is 0.838. The van der Waals surface area contributed by atoms with Crippen molar-refractivity contribution in [3.63, 3.8) is 0 Å². The van der Waals surface area contributed by atoms with Gasteiger partial charge in [0.25, 0.3) is 0 Å². The van der Waals surface area contributed by atoms with Gasteiger partial charge in [-0.05, 0) is 23.6 Å². The third-order valence-electron chi connectivity index (χ3n) is 2.40. The fraction of sp³-hybridized carbons (Fsp3) is 0.455. The van der Waals surface area contributed by atoms with Crippen LogP contribution in [0.25, 0.3) is 0 Å². The van der Waals surface area contributed by atoms with Crippen molar-refractivity contribution in [2.45, 2.75) is 18.9 Å². The highest BCUT2D eigenvalue weighted by Gasteiger charge is 2.12. The second-order valence-corrected chi connectivity index (χ2v) is 4.20. The number of hydrogen-bond donors (Lipinski definition) is 1. The highest BCUT2D eigenvalue weighted by Crippen LogP contribution is 2.26. The first-order valence-corrected chi connectivity index (χ1v) is 5.90. The SMILES string of the molecule is OC(CBr)Cc1ccc2c(c1)CCO2. The van der Waals surface area contributed by atoms with Gasteiger partial charge in [0.2, 0.25) is 0 Å². The molecule has 1 aliphatic rings. The highest BCUT2D eigenvalue weighted by molar-refractivity contribution is 9.09. The molecule has 0 saturated carbocycles. The van der Waals surface area contributed by atoms with Gasteiger partial charge in [-0.25, -0.2) is 0 Å². The number of ether oxygens (including phenoxy) is 1. The third-order valence-corrected chi connectivity index (χ3v) is 3.15. The van der Waals surface area contributed by atoms with E-state index in [1.165, 1.54) is 11.1 Å². The van der Waals surface area contributed by atoms with Crippen LogP contribution in [0.3, 0.4) is 0 Å². The summed E-state index contributed by atoms with van der Waals surface area (Å²) in [7, 11) is 0. The van der Waals surface area contributed by atoms with Gasteiger partial charge >= 0.3 is 0 Å². The molecule has 1 aromatic rings. The van der Waals surface area contributed by atoms with Gasteiger partial charge in [0.05, 0.1) is 12.7 Å².